The molecule has 0 aliphatic rings. The smallest absolute Gasteiger partial charge is 0.337 e. The first kappa shape index (κ1) is 13.4. The van der Waals surface area contributed by atoms with E-state index in [0.29, 0.717) is 5.56 Å². The second kappa shape index (κ2) is 4.57. The summed E-state index contributed by atoms with van der Waals surface area (Å²) < 4.78 is 2.02. The van der Waals surface area contributed by atoms with Crippen LogP contribution in [0.1, 0.15) is 38.4 Å². The fourth-order valence-corrected chi connectivity index (χ4v) is 2.55. The SMILES string of the molecule is Cc1ccc(-n2c(C)c(C)c(C(=O)O)c2C)cc1C. The van der Waals surface area contributed by atoms with Crippen molar-refractivity contribution in [3.05, 3.63) is 51.8 Å². The second-order valence-corrected chi connectivity index (χ2v) is 5.08. The van der Waals surface area contributed by atoms with Gasteiger partial charge in [0.15, 0.2) is 0 Å². The number of hydrogen-bond acceptors (Lipinski definition) is 1. The maximum Gasteiger partial charge on any atom is 0.337 e. The number of rotatable bonds is 2. The van der Waals surface area contributed by atoms with Gasteiger partial charge in [0, 0.05) is 17.1 Å². The molecule has 0 spiro atoms. The predicted octanol–water partition coefficient (Wildman–Crippen LogP) is 3.72. The van der Waals surface area contributed by atoms with E-state index in [4.69, 9.17) is 0 Å². The van der Waals surface area contributed by atoms with Gasteiger partial charge in [0.2, 0.25) is 0 Å². The Morgan fingerprint density at radius 3 is 2.11 bits per heavy atom. The molecule has 1 N–H and O–H groups in total. The summed E-state index contributed by atoms with van der Waals surface area (Å²) in [6.07, 6.45) is 0. The summed E-state index contributed by atoms with van der Waals surface area (Å²) in [4.78, 5) is 11.3. The minimum absolute atomic E-state index is 0.413. The average molecular weight is 257 g/mol. The van der Waals surface area contributed by atoms with Crippen LogP contribution in [0.25, 0.3) is 5.69 Å². The predicted molar refractivity (Wildman–Crippen MR) is 76.4 cm³/mol. The monoisotopic (exact) mass is 257 g/mol. The highest BCUT2D eigenvalue weighted by Gasteiger charge is 2.20. The third-order valence-corrected chi connectivity index (χ3v) is 3.91. The molecule has 2 aromatic rings. The molecule has 3 heteroatoms. The Balaban J connectivity index is 2.72. The number of carbonyl (C=O) groups is 1. The number of aromatic carboxylic acids is 1. The van der Waals surface area contributed by atoms with Crippen molar-refractivity contribution in [1.29, 1.82) is 0 Å². The topological polar surface area (TPSA) is 42.2 Å². The number of nitrogens with zero attached hydrogens (tertiary/aromatic N) is 1. The lowest BCUT2D eigenvalue weighted by molar-refractivity contribution is 0.0695. The fourth-order valence-electron chi connectivity index (χ4n) is 2.55. The highest BCUT2D eigenvalue weighted by atomic mass is 16.4. The molecule has 0 saturated carbocycles. The van der Waals surface area contributed by atoms with Crippen LogP contribution in [0.2, 0.25) is 0 Å². The summed E-state index contributed by atoms with van der Waals surface area (Å²) in [6, 6.07) is 6.20. The van der Waals surface area contributed by atoms with Crippen LogP contribution in [0, 0.1) is 34.6 Å². The summed E-state index contributed by atoms with van der Waals surface area (Å²) in [6.45, 7) is 9.83. The van der Waals surface area contributed by atoms with E-state index in [1.807, 2.05) is 31.4 Å². The Morgan fingerprint density at radius 1 is 1.00 bits per heavy atom. The maximum atomic E-state index is 11.3. The van der Waals surface area contributed by atoms with Gasteiger partial charge in [-0.25, -0.2) is 4.79 Å². The van der Waals surface area contributed by atoms with Gasteiger partial charge in [-0.3, -0.25) is 0 Å². The molecule has 0 saturated heterocycles. The number of aryl methyl sites for hydroxylation is 2. The van der Waals surface area contributed by atoms with Crippen LogP contribution >= 0.6 is 0 Å². The van der Waals surface area contributed by atoms with E-state index in [-0.39, 0.29) is 0 Å². The van der Waals surface area contributed by atoms with Crippen LogP contribution in [0.15, 0.2) is 18.2 Å². The largest absolute Gasteiger partial charge is 0.478 e. The second-order valence-electron chi connectivity index (χ2n) is 5.08. The highest BCUT2D eigenvalue weighted by molar-refractivity contribution is 5.91. The summed E-state index contributed by atoms with van der Waals surface area (Å²) in [7, 11) is 0. The molecule has 0 bridgehead atoms. The average Bonchev–Trinajstić information content (AvgIpc) is 2.54. The van der Waals surface area contributed by atoms with Crippen molar-refractivity contribution in [3.8, 4) is 5.69 Å². The zero-order valence-corrected chi connectivity index (χ0v) is 12.0. The molecular formula is C16H19NO2. The third-order valence-electron chi connectivity index (χ3n) is 3.91. The standard InChI is InChI=1S/C16H19NO2/c1-9-6-7-14(8-10(9)2)17-12(4)11(3)15(13(17)5)16(18)19/h6-8H,1-5H3,(H,18,19). The molecule has 0 radical (unpaired) electrons. The molecular weight excluding hydrogens is 238 g/mol. The van der Waals surface area contributed by atoms with E-state index in [1.165, 1.54) is 11.1 Å². The van der Waals surface area contributed by atoms with Crippen molar-refractivity contribution in [3.63, 3.8) is 0 Å². The molecule has 19 heavy (non-hydrogen) atoms. The zero-order chi connectivity index (χ0) is 14.3. The lowest BCUT2D eigenvalue weighted by Crippen LogP contribution is -2.03. The maximum absolute atomic E-state index is 11.3. The van der Waals surface area contributed by atoms with Crippen molar-refractivity contribution in [1.82, 2.24) is 4.57 Å². The summed E-state index contributed by atoms with van der Waals surface area (Å²) >= 11 is 0. The highest BCUT2D eigenvalue weighted by Crippen LogP contribution is 2.26. The van der Waals surface area contributed by atoms with Gasteiger partial charge in [0.25, 0.3) is 0 Å². The van der Waals surface area contributed by atoms with Gasteiger partial charge in [-0.15, -0.1) is 0 Å². The van der Waals surface area contributed by atoms with E-state index < -0.39 is 5.97 Å². The van der Waals surface area contributed by atoms with Gasteiger partial charge >= 0.3 is 5.97 Å². The number of benzene rings is 1. The van der Waals surface area contributed by atoms with E-state index >= 15 is 0 Å². The molecule has 0 atom stereocenters. The van der Waals surface area contributed by atoms with E-state index in [9.17, 15) is 9.90 Å². The van der Waals surface area contributed by atoms with Crippen LogP contribution in [0.5, 0.6) is 0 Å². The minimum Gasteiger partial charge on any atom is -0.478 e. The fraction of sp³-hybridized carbons (Fsp3) is 0.312. The lowest BCUT2D eigenvalue weighted by Gasteiger charge is -2.11. The third kappa shape index (κ3) is 2.05. The van der Waals surface area contributed by atoms with Gasteiger partial charge in [0.05, 0.1) is 5.56 Å². The molecule has 100 valence electrons. The number of carboxylic acids is 1. The Bertz CT molecular complexity index is 666. The molecule has 0 unspecified atom stereocenters. The zero-order valence-electron chi connectivity index (χ0n) is 12.0. The van der Waals surface area contributed by atoms with Crippen LogP contribution in [-0.4, -0.2) is 15.6 Å². The quantitative estimate of drug-likeness (QED) is 0.891. The Kier molecular flexibility index (Phi) is 3.23. The van der Waals surface area contributed by atoms with Crippen LogP contribution < -0.4 is 0 Å². The van der Waals surface area contributed by atoms with Crippen molar-refractivity contribution >= 4 is 5.97 Å². The summed E-state index contributed by atoms with van der Waals surface area (Å²) in [5.41, 5.74) is 6.48. The molecule has 0 aliphatic carbocycles. The van der Waals surface area contributed by atoms with Crippen molar-refractivity contribution in [2.75, 3.05) is 0 Å². The molecule has 2 rings (SSSR count). The minimum atomic E-state index is -0.860. The van der Waals surface area contributed by atoms with Crippen molar-refractivity contribution in [2.24, 2.45) is 0 Å². The Hall–Kier alpha value is -2.03. The first-order valence-electron chi connectivity index (χ1n) is 6.34. The van der Waals surface area contributed by atoms with Gasteiger partial charge in [0.1, 0.15) is 0 Å². The normalized spacial score (nSPS) is 10.8. The van der Waals surface area contributed by atoms with E-state index in [2.05, 4.69) is 26.0 Å². The van der Waals surface area contributed by atoms with Gasteiger partial charge in [-0.05, 0) is 63.4 Å². The van der Waals surface area contributed by atoms with Crippen molar-refractivity contribution in [2.45, 2.75) is 34.6 Å². The number of aromatic nitrogens is 1. The summed E-state index contributed by atoms with van der Waals surface area (Å²) in [5.74, 6) is -0.860. The molecule has 0 aliphatic heterocycles. The first-order chi connectivity index (χ1) is 8.84. The lowest BCUT2D eigenvalue weighted by atomic mass is 10.1. The molecule has 1 heterocycles. The Morgan fingerprint density at radius 2 is 1.63 bits per heavy atom. The van der Waals surface area contributed by atoms with Gasteiger partial charge < -0.3 is 9.67 Å². The Labute approximate surface area is 113 Å². The van der Waals surface area contributed by atoms with Crippen molar-refractivity contribution < 1.29 is 9.90 Å². The number of carboxylic acid groups (broad SMARTS) is 1. The summed E-state index contributed by atoms with van der Waals surface area (Å²) in [5, 5.41) is 9.32. The molecule has 1 aromatic heterocycles. The van der Waals surface area contributed by atoms with Crippen LogP contribution in [0.3, 0.4) is 0 Å². The van der Waals surface area contributed by atoms with E-state index in [0.717, 1.165) is 22.6 Å². The van der Waals surface area contributed by atoms with Crippen LogP contribution in [-0.2, 0) is 0 Å². The number of hydrogen-bond donors (Lipinski definition) is 1. The van der Waals surface area contributed by atoms with Crippen LogP contribution in [0.4, 0.5) is 0 Å². The molecule has 0 fully saturated rings. The van der Waals surface area contributed by atoms with Gasteiger partial charge in [-0.1, -0.05) is 6.07 Å². The molecule has 0 amide bonds. The van der Waals surface area contributed by atoms with E-state index in [1.54, 1.807) is 0 Å². The molecule has 3 nitrogen and oxygen atoms in total. The van der Waals surface area contributed by atoms with Gasteiger partial charge in [-0.2, -0.15) is 0 Å². The first-order valence-corrected chi connectivity index (χ1v) is 6.34. The molecule has 1 aromatic carbocycles.